The zero-order chi connectivity index (χ0) is 9.68. The minimum atomic E-state index is 1.02. The van der Waals surface area contributed by atoms with Gasteiger partial charge in [0.05, 0.1) is 7.11 Å². The Bertz CT molecular complexity index is 266. The molecule has 0 spiro atoms. The van der Waals surface area contributed by atoms with Crippen LogP contribution in [0.3, 0.4) is 0 Å². The van der Waals surface area contributed by atoms with E-state index in [2.05, 4.69) is 32.0 Å². The standard InChI is InChI=1S/C12H18O/c1-4-6-10-7-8-12(13-3)11(5-2)9-10/h7-9H,4-6H2,1-3H3. The van der Waals surface area contributed by atoms with Gasteiger partial charge < -0.3 is 4.74 Å². The third-order valence-electron chi connectivity index (χ3n) is 2.26. The van der Waals surface area contributed by atoms with E-state index in [4.69, 9.17) is 4.74 Å². The summed E-state index contributed by atoms with van der Waals surface area (Å²) in [6.45, 7) is 4.36. The number of rotatable bonds is 4. The number of hydrogen-bond acceptors (Lipinski definition) is 1. The summed E-state index contributed by atoms with van der Waals surface area (Å²) in [6.07, 6.45) is 3.41. The lowest BCUT2D eigenvalue weighted by Gasteiger charge is -2.08. The van der Waals surface area contributed by atoms with E-state index in [0.717, 1.165) is 18.6 Å². The van der Waals surface area contributed by atoms with Crippen molar-refractivity contribution >= 4 is 0 Å². The van der Waals surface area contributed by atoms with Crippen molar-refractivity contribution in [3.8, 4) is 5.75 Å². The van der Waals surface area contributed by atoms with Gasteiger partial charge in [0.1, 0.15) is 5.75 Å². The first-order valence-electron chi connectivity index (χ1n) is 4.97. The van der Waals surface area contributed by atoms with Crippen molar-refractivity contribution in [2.45, 2.75) is 33.1 Å². The lowest BCUT2D eigenvalue weighted by Crippen LogP contribution is -1.92. The molecular formula is C12H18O. The summed E-state index contributed by atoms with van der Waals surface area (Å²) in [6, 6.07) is 6.48. The smallest absolute Gasteiger partial charge is 0.122 e. The molecule has 0 aliphatic carbocycles. The minimum Gasteiger partial charge on any atom is -0.496 e. The van der Waals surface area contributed by atoms with Crippen LogP contribution in [0, 0.1) is 0 Å². The molecule has 0 aliphatic heterocycles. The minimum absolute atomic E-state index is 1.02. The maximum atomic E-state index is 5.27. The maximum absolute atomic E-state index is 5.27. The zero-order valence-electron chi connectivity index (χ0n) is 8.76. The van der Waals surface area contributed by atoms with Gasteiger partial charge in [0.15, 0.2) is 0 Å². The molecule has 1 aromatic carbocycles. The molecule has 0 bridgehead atoms. The van der Waals surface area contributed by atoms with Crippen LogP contribution >= 0.6 is 0 Å². The van der Waals surface area contributed by atoms with Gasteiger partial charge in [-0.2, -0.15) is 0 Å². The second-order valence-electron chi connectivity index (χ2n) is 3.25. The lowest BCUT2D eigenvalue weighted by atomic mass is 10.0. The Balaban J connectivity index is 2.91. The van der Waals surface area contributed by atoms with Crippen molar-refractivity contribution in [2.24, 2.45) is 0 Å². The van der Waals surface area contributed by atoms with Gasteiger partial charge in [0, 0.05) is 0 Å². The maximum Gasteiger partial charge on any atom is 0.122 e. The molecule has 1 heteroatoms. The molecule has 0 amide bonds. The quantitative estimate of drug-likeness (QED) is 0.688. The average Bonchev–Trinajstić information content (AvgIpc) is 2.18. The van der Waals surface area contributed by atoms with E-state index < -0.39 is 0 Å². The third kappa shape index (κ3) is 2.48. The number of ether oxygens (including phenoxy) is 1. The van der Waals surface area contributed by atoms with E-state index in [1.807, 2.05) is 0 Å². The second-order valence-corrected chi connectivity index (χ2v) is 3.25. The number of methoxy groups -OCH3 is 1. The van der Waals surface area contributed by atoms with Crippen molar-refractivity contribution in [2.75, 3.05) is 7.11 Å². The van der Waals surface area contributed by atoms with Gasteiger partial charge in [-0.3, -0.25) is 0 Å². The third-order valence-corrected chi connectivity index (χ3v) is 2.26. The first-order chi connectivity index (χ1) is 6.31. The van der Waals surface area contributed by atoms with Crippen LogP contribution < -0.4 is 4.74 Å². The molecule has 0 N–H and O–H groups in total. The monoisotopic (exact) mass is 178 g/mol. The molecule has 0 atom stereocenters. The average molecular weight is 178 g/mol. The molecule has 0 fully saturated rings. The highest BCUT2D eigenvalue weighted by molar-refractivity contribution is 5.37. The highest BCUT2D eigenvalue weighted by Crippen LogP contribution is 2.20. The van der Waals surface area contributed by atoms with Crippen molar-refractivity contribution in [3.05, 3.63) is 29.3 Å². The van der Waals surface area contributed by atoms with E-state index in [9.17, 15) is 0 Å². The van der Waals surface area contributed by atoms with Gasteiger partial charge in [-0.15, -0.1) is 0 Å². The van der Waals surface area contributed by atoms with E-state index >= 15 is 0 Å². The number of benzene rings is 1. The van der Waals surface area contributed by atoms with Crippen LogP contribution in [-0.4, -0.2) is 7.11 Å². The molecule has 1 rings (SSSR count). The van der Waals surface area contributed by atoms with E-state index in [-0.39, 0.29) is 0 Å². The predicted molar refractivity (Wildman–Crippen MR) is 56.4 cm³/mol. The number of hydrogen-bond donors (Lipinski definition) is 0. The van der Waals surface area contributed by atoms with Gasteiger partial charge >= 0.3 is 0 Å². The summed E-state index contributed by atoms with van der Waals surface area (Å²) < 4.78 is 5.27. The number of aryl methyl sites for hydroxylation is 2. The van der Waals surface area contributed by atoms with E-state index in [1.54, 1.807) is 7.11 Å². The Kier molecular flexibility index (Phi) is 3.81. The summed E-state index contributed by atoms with van der Waals surface area (Å²) in [7, 11) is 1.73. The highest BCUT2D eigenvalue weighted by atomic mass is 16.5. The Morgan fingerprint density at radius 3 is 2.54 bits per heavy atom. The van der Waals surface area contributed by atoms with Crippen LogP contribution in [0.1, 0.15) is 31.4 Å². The predicted octanol–water partition coefficient (Wildman–Crippen LogP) is 3.21. The molecule has 0 aliphatic rings. The lowest BCUT2D eigenvalue weighted by molar-refractivity contribution is 0.410. The largest absolute Gasteiger partial charge is 0.496 e. The molecule has 13 heavy (non-hydrogen) atoms. The van der Waals surface area contributed by atoms with E-state index in [0.29, 0.717) is 0 Å². The van der Waals surface area contributed by atoms with Gasteiger partial charge in [-0.05, 0) is 30.0 Å². The second kappa shape index (κ2) is 4.90. The molecule has 0 heterocycles. The molecule has 1 aromatic rings. The molecule has 1 nitrogen and oxygen atoms in total. The molecule has 0 aromatic heterocycles. The van der Waals surface area contributed by atoms with Crippen LogP contribution in [0.4, 0.5) is 0 Å². The molecule has 0 saturated carbocycles. The first-order valence-corrected chi connectivity index (χ1v) is 4.97. The Labute approximate surface area is 80.7 Å². The fraction of sp³-hybridized carbons (Fsp3) is 0.500. The van der Waals surface area contributed by atoms with Crippen LogP contribution in [0.5, 0.6) is 5.75 Å². The summed E-state index contributed by atoms with van der Waals surface area (Å²) in [4.78, 5) is 0. The fourth-order valence-corrected chi connectivity index (χ4v) is 1.55. The SMILES string of the molecule is CCCc1ccc(OC)c(CC)c1. The van der Waals surface area contributed by atoms with Gasteiger partial charge in [0.25, 0.3) is 0 Å². The highest BCUT2D eigenvalue weighted by Gasteiger charge is 2.01. The van der Waals surface area contributed by atoms with Crippen LogP contribution in [0.2, 0.25) is 0 Å². The van der Waals surface area contributed by atoms with Gasteiger partial charge in [-0.25, -0.2) is 0 Å². The van der Waals surface area contributed by atoms with Crippen LogP contribution in [-0.2, 0) is 12.8 Å². The summed E-state index contributed by atoms with van der Waals surface area (Å²) in [5.74, 6) is 1.02. The molecular weight excluding hydrogens is 160 g/mol. The van der Waals surface area contributed by atoms with Crippen molar-refractivity contribution in [1.82, 2.24) is 0 Å². The fourth-order valence-electron chi connectivity index (χ4n) is 1.55. The normalized spacial score (nSPS) is 10.1. The molecule has 72 valence electrons. The van der Waals surface area contributed by atoms with Crippen molar-refractivity contribution < 1.29 is 4.74 Å². The van der Waals surface area contributed by atoms with Crippen molar-refractivity contribution in [3.63, 3.8) is 0 Å². The molecule has 0 unspecified atom stereocenters. The van der Waals surface area contributed by atoms with Crippen LogP contribution in [0.15, 0.2) is 18.2 Å². The summed E-state index contributed by atoms with van der Waals surface area (Å²) >= 11 is 0. The van der Waals surface area contributed by atoms with Crippen molar-refractivity contribution in [1.29, 1.82) is 0 Å². The van der Waals surface area contributed by atoms with Crippen LogP contribution in [0.25, 0.3) is 0 Å². The van der Waals surface area contributed by atoms with Gasteiger partial charge in [-0.1, -0.05) is 32.4 Å². The summed E-state index contributed by atoms with van der Waals surface area (Å²) in [5, 5.41) is 0. The zero-order valence-corrected chi connectivity index (χ0v) is 8.76. The molecule has 0 radical (unpaired) electrons. The first kappa shape index (κ1) is 10.1. The summed E-state index contributed by atoms with van der Waals surface area (Å²) in [5.41, 5.74) is 2.73. The topological polar surface area (TPSA) is 9.23 Å². The van der Waals surface area contributed by atoms with Gasteiger partial charge in [0.2, 0.25) is 0 Å². The Morgan fingerprint density at radius 2 is 2.00 bits per heavy atom. The Morgan fingerprint density at radius 1 is 1.23 bits per heavy atom. The van der Waals surface area contributed by atoms with E-state index in [1.165, 1.54) is 17.5 Å². The molecule has 0 saturated heterocycles. The Hall–Kier alpha value is -0.980.